The van der Waals surface area contributed by atoms with Crippen LogP contribution in [0.1, 0.15) is 11.1 Å². The van der Waals surface area contributed by atoms with Gasteiger partial charge in [-0.05, 0) is 49.1 Å². The standard InChI is InChI=1S/C25H23NO2/c1-16-7-5-9-19(13-16)24-23(18-8-6-10-20(15-18)27-3)22-14-17(2)11-12-21(22)25(26-24)28-4/h5-15H,1-4H3. The Hall–Kier alpha value is -3.33. The van der Waals surface area contributed by atoms with Crippen LogP contribution < -0.4 is 9.47 Å². The van der Waals surface area contributed by atoms with Crippen molar-refractivity contribution in [2.45, 2.75) is 13.8 Å². The van der Waals surface area contributed by atoms with Crippen molar-refractivity contribution in [2.24, 2.45) is 0 Å². The lowest BCUT2D eigenvalue weighted by atomic mass is 9.92. The van der Waals surface area contributed by atoms with Gasteiger partial charge in [-0.25, -0.2) is 4.98 Å². The summed E-state index contributed by atoms with van der Waals surface area (Å²) in [6.45, 7) is 4.20. The van der Waals surface area contributed by atoms with Crippen LogP contribution in [0.15, 0.2) is 66.7 Å². The van der Waals surface area contributed by atoms with Crippen molar-refractivity contribution in [1.29, 1.82) is 0 Å². The second kappa shape index (κ2) is 7.35. The molecule has 3 heteroatoms. The van der Waals surface area contributed by atoms with E-state index in [0.717, 1.165) is 38.9 Å². The molecule has 0 atom stereocenters. The fraction of sp³-hybridized carbons (Fsp3) is 0.160. The normalized spacial score (nSPS) is 10.9. The van der Waals surface area contributed by atoms with Gasteiger partial charge in [-0.15, -0.1) is 0 Å². The largest absolute Gasteiger partial charge is 0.497 e. The summed E-state index contributed by atoms with van der Waals surface area (Å²) in [4.78, 5) is 4.93. The zero-order chi connectivity index (χ0) is 19.7. The third-order valence-corrected chi connectivity index (χ3v) is 4.97. The molecule has 0 spiro atoms. The average molecular weight is 369 g/mol. The van der Waals surface area contributed by atoms with Crippen molar-refractivity contribution in [3.8, 4) is 34.0 Å². The summed E-state index contributed by atoms with van der Waals surface area (Å²) < 4.78 is 11.1. The molecule has 4 rings (SSSR count). The Labute approximate surface area is 165 Å². The quantitative estimate of drug-likeness (QED) is 0.429. The van der Waals surface area contributed by atoms with Crippen LogP contribution >= 0.6 is 0 Å². The van der Waals surface area contributed by atoms with Gasteiger partial charge < -0.3 is 9.47 Å². The highest BCUT2D eigenvalue weighted by atomic mass is 16.5. The molecule has 0 amide bonds. The zero-order valence-corrected chi connectivity index (χ0v) is 16.6. The van der Waals surface area contributed by atoms with Gasteiger partial charge in [0.25, 0.3) is 0 Å². The van der Waals surface area contributed by atoms with E-state index in [1.54, 1.807) is 14.2 Å². The van der Waals surface area contributed by atoms with Gasteiger partial charge in [0.15, 0.2) is 0 Å². The first-order valence-electron chi connectivity index (χ1n) is 9.30. The van der Waals surface area contributed by atoms with Crippen LogP contribution in [-0.4, -0.2) is 19.2 Å². The summed E-state index contributed by atoms with van der Waals surface area (Å²) in [5.41, 5.74) is 6.52. The Kier molecular flexibility index (Phi) is 4.74. The number of hydrogen-bond acceptors (Lipinski definition) is 3. The first-order valence-corrected chi connectivity index (χ1v) is 9.30. The fourth-order valence-electron chi connectivity index (χ4n) is 3.62. The number of pyridine rings is 1. The molecule has 1 aromatic heterocycles. The maximum absolute atomic E-state index is 5.66. The van der Waals surface area contributed by atoms with Gasteiger partial charge >= 0.3 is 0 Å². The van der Waals surface area contributed by atoms with Crippen LogP contribution in [0, 0.1) is 13.8 Å². The Morgan fingerprint density at radius 3 is 2.18 bits per heavy atom. The predicted octanol–water partition coefficient (Wildman–Crippen LogP) is 6.20. The minimum atomic E-state index is 0.637. The number of ether oxygens (including phenoxy) is 2. The number of fused-ring (bicyclic) bond motifs is 1. The first kappa shape index (κ1) is 18.1. The highest BCUT2D eigenvalue weighted by molar-refractivity contribution is 6.05. The lowest BCUT2D eigenvalue weighted by Gasteiger charge is -2.17. The van der Waals surface area contributed by atoms with Crippen molar-refractivity contribution >= 4 is 10.8 Å². The van der Waals surface area contributed by atoms with Gasteiger partial charge in [0.05, 0.1) is 19.9 Å². The zero-order valence-electron chi connectivity index (χ0n) is 16.6. The van der Waals surface area contributed by atoms with Crippen LogP contribution in [0.5, 0.6) is 11.6 Å². The average Bonchev–Trinajstić information content (AvgIpc) is 2.72. The van der Waals surface area contributed by atoms with Gasteiger partial charge in [0, 0.05) is 16.5 Å². The van der Waals surface area contributed by atoms with Crippen LogP contribution in [0.2, 0.25) is 0 Å². The summed E-state index contributed by atoms with van der Waals surface area (Å²) in [6.07, 6.45) is 0. The number of benzene rings is 3. The Morgan fingerprint density at radius 1 is 0.679 bits per heavy atom. The maximum atomic E-state index is 5.66. The molecule has 0 aliphatic carbocycles. The van der Waals surface area contributed by atoms with Crippen molar-refractivity contribution in [1.82, 2.24) is 4.98 Å². The van der Waals surface area contributed by atoms with E-state index in [2.05, 4.69) is 68.4 Å². The molecular formula is C25H23NO2. The highest BCUT2D eigenvalue weighted by Crippen LogP contribution is 2.41. The molecule has 0 aliphatic heterocycles. The van der Waals surface area contributed by atoms with E-state index in [1.165, 1.54) is 11.1 Å². The van der Waals surface area contributed by atoms with E-state index in [0.29, 0.717) is 5.88 Å². The van der Waals surface area contributed by atoms with E-state index in [9.17, 15) is 0 Å². The molecule has 4 aromatic rings. The number of rotatable bonds is 4. The van der Waals surface area contributed by atoms with E-state index in [4.69, 9.17) is 14.5 Å². The van der Waals surface area contributed by atoms with Gasteiger partial charge in [0.2, 0.25) is 5.88 Å². The molecule has 0 fully saturated rings. The minimum absolute atomic E-state index is 0.637. The molecule has 140 valence electrons. The van der Waals surface area contributed by atoms with E-state index < -0.39 is 0 Å². The second-order valence-electron chi connectivity index (χ2n) is 7.00. The molecule has 0 N–H and O–H groups in total. The topological polar surface area (TPSA) is 31.4 Å². The number of methoxy groups -OCH3 is 2. The number of aromatic nitrogens is 1. The predicted molar refractivity (Wildman–Crippen MR) is 115 cm³/mol. The summed E-state index contributed by atoms with van der Waals surface area (Å²) >= 11 is 0. The third kappa shape index (κ3) is 3.20. The van der Waals surface area contributed by atoms with E-state index >= 15 is 0 Å². The Balaban J connectivity index is 2.14. The summed E-state index contributed by atoms with van der Waals surface area (Å²) in [5.74, 6) is 1.46. The fourth-order valence-corrected chi connectivity index (χ4v) is 3.62. The molecule has 0 radical (unpaired) electrons. The number of nitrogens with zero attached hydrogens (tertiary/aromatic N) is 1. The number of hydrogen-bond donors (Lipinski definition) is 0. The van der Waals surface area contributed by atoms with Crippen LogP contribution in [-0.2, 0) is 0 Å². The molecular weight excluding hydrogens is 346 g/mol. The van der Waals surface area contributed by atoms with E-state index in [-0.39, 0.29) is 0 Å². The lowest BCUT2D eigenvalue weighted by molar-refractivity contribution is 0.404. The smallest absolute Gasteiger partial charge is 0.221 e. The second-order valence-corrected chi connectivity index (χ2v) is 7.00. The van der Waals surface area contributed by atoms with Crippen molar-refractivity contribution < 1.29 is 9.47 Å². The molecule has 0 saturated heterocycles. The summed E-state index contributed by atoms with van der Waals surface area (Å²) in [6, 6.07) is 22.9. The van der Waals surface area contributed by atoms with Gasteiger partial charge in [0.1, 0.15) is 5.75 Å². The molecule has 28 heavy (non-hydrogen) atoms. The minimum Gasteiger partial charge on any atom is -0.497 e. The van der Waals surface area contributed by atoms with E-state index in [1.807, 2.05) is 12.1 Å². The van der Waals surface area contributed by atoms with Crippen LogP contribution in [0.4, 0.5) is 0 Å². The van der Waals surface area contributed by atoms with Crippen molar-refractivity contribution in [3.05, 3.63) is 77.9 Å². The Bertz CT molecular complexity index is 1160. The highest BCUT2D eigenvalue weighted by Gasteiger charge is 2.18. The molecule has 3 aromatic carbocycles. The van der Waals surface area contributed by atoms with Crippen LogP contribution in [0.3, 0.4) is 0 Å². The van der Waals surface area contributed by atoms with Gasteiger partial charge in [-0.2, -0.15) is 0 Å². The Morgan fingerprint density at radius 2 is 1.43 bits per heavy atom. The van der Waals surface area contributed by atoms with Crippen molar-refractivity contribution in [2.75, 3.05) is 14.2 Å². The molecule has 1 heterocycles. The lowest BCUT2D eigenvalue weighted by Crippen LogP contribution is -1.97. The summed E-state index contributed by atoms with van der Waals surface area (Å²) in [7, 11) is 3.36. The molecule has 3 nitrogen and oxygen atoms in total. The SMILES string of the molecule is COc1cccc(-c2c(-c3cccc(C)c3)nc(OC)c3ccc(C)cc23)c1. The monoisotopic (exact) mass is 369 g/mol. The molecule has 0 aliphatic rings. The molecule has 0 bridgehead atoms. The first-order chi connectivity index (χ1) is 13.6. The molecule has 0 saturated carbocycles. The maximum Gasteiger partial charge on any atom is 0.221 e. The number of aryl methyl sites for hydroxylation is 2. The van der Waals surface area contributed by atoms with Gasteiger partial charge in [-0.1, -0.05) is 53.6 Å². The molecule has 0 unspecified atom stereocenters. The van der Waals surface area contributed by atoms with Gasteiger partial charge in [-0.3, -0.25) is 0 Å². The third-order valence-electron chi connectivity index (χ3n) is 4.97. The van der Waals surface area contributed by atoms with Crippen LogP contribution in [0.25, 0.3) is 33.2 Å². The van der Waals surface area contributed by atoms with Crippen molar-refractivity contribution in [3.63, 3.8) is 0 Å². The summed E-state index contributed by atoms with van der Waals surface area (Å²) in [5, 5.41) is 2.12.